The van der Waals surface area contributed by atoms with Crippen molar-refractivity contribution in [3.63, 3.8) is 0 Å². The molecule has 0 radical (unpaired) electrons. The van der Waals surface area contributed by atoms with Gasteiger partial charge in [0, 0.05) is 33.2 Å². The van der Waals surface area contributed by atoms with Crippen molar-refractivity contribution in [2.75, 3.05) is 6.54 Å². The van der Waals surface area contributed by atoms with Gasteiger partial charge in [0.25, 0.3) is 5.91 Å². The fraction of sp³-hybridized carbons (Fsp3) is 0.185. The molecule has 210 valence electrons. The number of ether oxygens (including phenoxy) is 1. The number of rotatable bonds is 11. The van der Waals surface area contributed by atoms with Crippen LogP contribution in [0.1, 0.15) is 49.0 Å². The molecule has 0 saturated carbocycles. The smallest absolute Gasteiger partial charge is 0.479 e. The number of benzene rings is 3. The predicted molar refractivity (Wildman–Crippen MR) is 138 cm³/mol. The molecule has 40 heavy (non-hydrogen) atoms. The maximum Gasteiger partial charge on any atom is 0.573 e. The van der Waals surface area contributed by atoms with Crippen molar-refractivity contribution in [1.82, 2.24) is 5.32 Å². The Bertz CT molecular complexity index is 1390. The average molecular weight is 598 g/mol. The van der Waals surface area contributed by atoms with Crippen molar-refractivity contribution >= 4 is 46.6 Å². The van der Waals surface area contributed by atoms with Gasteiger partial charge in [0.1, 0.15) is 5.75 Å². The van der Waals surface area contributed by atoms with Gasteiger partial charge in [-0.3, -0.25) is 14.4 Å². The third kappa shape index (κ3) is 8.54. The molecule has 1 unspecified atom stereocenters. The van der Waals surface area contributed by atoms with Gasteiger partial charge >= 0.3 is 12.3 Å². The summed E-state index contributed by atoms with van der Waals surface area (Å²) in [4.78, 5) is 49.5. The van der Waals surface area contributed by atoms with Crippen LogP contribution in [0.25, 0.3) is 0 Å². The van der Waals surface area contributed by atoms with Crippen molar-refractivity contribution in [3.05, 3.63) is 99.0 Å². The van der Waals surface area contributed by atoms with Crippen molar-refractivity contribution < 1.29 is 47.3 Å². The molecule has 0 aliphatic heterocycles. The lowest BCUT2D eigenvalue weighted by Crippen LogP contribution is -2.36. The molecular weight excluding hydrogens is 578 g/mol. The van der Waals surface area contributed by atoms with E-state index in [4.69, 9.17) is 28.3 Å². The van der Waals surface area contributed by atoms with Crippen LogP contribution in [0.15, 0.2) is 66.7 Å². The number of nitrogens with one attached hydrogen (secondary N) is 1. The van der Waals surface area contributed by atoms with Gasteiger partial charge in [0.05, 0.1) is 12.5 Å². The van der Waals surface area contributed by atoms with E-state index in [2.05, 4.69) is 10.1 Å². The second-order valence-electron chi connectivity index (χ2n) is 8.46. The quantitative estimate of drug-likeness (QED) is 0.255. The van der Waals surface area contributed by atoms with Gasteiger partial charge < -0.3 is 20.3 Å². The summed E-state index contributed by atoms with van der Waals surface area (Å²) in [7, 11) is 0. The van der Waals surface area contributed by atoms with Gasteiger partial charge in [-0.25, -0.2) is 4.79 Å². The van der Waals surface area contributed by atoms with Crippen molar-refractivity contribution in [3.8, 4) is 5.75 Å². The number of Topliss-reactive ketones (excluding diaryl/α,β-unsaturated/α-hetero) is 2. The fourth-order valence-electron chi connectivity index (χ4n) is 3.65. The molecule has 13 heteroatoms. The molecule has 3 N–H and O–H groups in total. The van der Waals surface area contributed by atoms with Gasteiger partial charge in [0.2, 0.25) is 0 Å². The summed E-state index contributed by atoms with van der Waals surface area (Å²) in [6.45, 7) is -0.541. The third-order valence-corrected chi connectivity index (χ3v) is 6.02. The first-order chi connectivity index (χ1) is 18.7. The summed E-state index contributed by atoms with van der Waals surface area (Å²) >= 11 is 12.0. The first kappa shape index (κ1) is 30.6. The monoisotopic (exact) mass is 597 g/mol. The lowest BCUT2D eigenvalue weighted by Gasteiger charge is -2.17. The number of alkyl halides is 3. The number of aliphatic hydroxyl groups is 1. The van der Waals surface area contributed by atoms with Gasteiger partial charge in [-0.1, -0.05) is 47.5 Å². The minimum Gasteiger partial charge on any atom is -0.479 e. The van der Waals surface area contributed by atoms with Crippen molar-refractivity contribution in [2.24, 2.45) is 0 Å². The van der Waals surface area contributed by atoms with Gasteiger partial charge in [0.15, 0.2) is 17.7 Å². The lowest BCUT2D eigenvalue weighted by molar-refractivity contribution is -0.274. The number of hydrogen-bond donors (Lipinski definition) is 3. The van der Waals surface area contributed by atoms with Crippen LogP contribution in [0.5, 0.6) is 5.75 Å². The molecule has 1 amide bonds. The van der Waals surface area contributed by atoms with Crippen LogP contribution >= 0.6 is 23.2 Å². The summed E-state index contributed by atoms with van der Waals surface area (Å²) in [5.74, 6) is -4.95. The summed E-state index contributed by atoms with van der Waals surface area (Å²) in [6.07, 6.45) is -7.10. The Morgan fingerprint density at radius 2 is 1.40 bits per heavy atom. The molecule has 0 fully saturated rings. The Hall–Kier alpha value is -3.93. The maximum absolute atomic E-state index is 13.5. The first-order valence-electron chi connectivity index (χ1n) is 11.4. The number of aliphatic carboxylic acids is 1. The van der Waals surface area contributed by atoms with Crippen molar-refractivity contribution in [2.45, 2.75) is 24.8 Å². The summed E-state index contributed by atoms with van der Waals surface area (Å²) < 4.78 is 41.6. The summed E-state index contributed by atoms with van der Waals surface area (Å²) in [5, 5.41) is 20.6. The predicted octanol–water partition coefficient (Wildman–Crippen LogP) is 5.31. The Kier molecular flexibility index (Phi) is 9.91. The SMILES string of the molecule is O=C(CC(C(=O)c1ccc(C(=O)NC[C@@H](O)C(=O)O)cc1)c1ccc(OC(F)(F)F)cc1)c1cc(Cl)cc(Cl)c1. The van der Waals surface area contributed by atoms with E-state index in [0.29, 0.717) is 0 Å². The lowest BCUT2D eigenvalue weighted by atomic mass is 9.85. The highest BCUT2D eigenvalue weighted by Gasteiger charge is 2.31. The molecule has 2 atom stereocenters. The largest absolute Gasteiger partial charge is 0.573 e. The standard InChI is InChI=1S/C27H20Cl2F3NO7/c28-18-9-17(10-19(29)11-18)22(34)12-21(14-5-7-20(8-6-14)40-27(30,31)32)24(36)15-1-3-16(4-2-15)25(37)33-13-23(35)26(38)39/h1-11,21,23,35H,12-13H2,(H,33,37)(H,38,39)/t21?,23-/m1/s1. The Morgan fingerprint density at radius 1 is 0.850 bits per heavy atom. The topological polar surface area (TPSA) is 130 Å². The number of carbonyl (C=O) groups is 4. The van der Waals surface area contributed by atoms with Crippen LogP contribution in [-0.4, -0.2) is 52.7 Å². The zero-order valence-corrected chi connectivity index (χ0v) is 21.8. The number of carbonyl (C=O) groups excluding carboxylic acids is 3. The molecule has 3 aromatic carbocycles. The molecule has 0 heterocycles. The fourth-order valence-corrected chi connectivity index (χ4v) is 4.17. The van der Waals surface area contributed by atoms with Crippen LogP contribution in [0.4, 0.5) is 13.2 Å². The zero-order chi connectivity index (χ0) is 29.6. The third-order valence-electron chi connectivity index (χ3n) is 5.58. The highest BCUT2D eigenvalue weighted by Crippen LogP contribution is 2.31. The molecule has 0 aromatic heterocycles. The summed E-state index contributed by atoms with van der Waals surface area (Å²) in [5.41, 5.74) is 0.497. The van der Waals surface area contributed by atoms with Crippen LogP contribution < -0.4 is 10.1 Å². The van der Waals surface area contributed by atoms with E-state index in [-0.39, 0.29) is 38.7 Å². The van der Waals surface area contributed by atoms with Gasteiger partial charge in [-0.15, -0.1) is 13.2 Å². The number of halogens is 5. The minimum absolute atomic E-state index is 0.0592. The van der Waals surface area contributed by atoms with E-state index in [0.717, 1.165) is 12.1 Å². The van der Waals surface area contributed by atoms with Crippen LogP contribution in [-0.2, 0) is 4.79 Å². The Balaban J connectivity index is 1.87. The number of hydrogen-bond acceptors (Lipinski definition) is 6. The average Bonchev–Trinajstić information content (AvgIpc) is 2.88. The van der Waals surface area contributed by atoms with Gasteiger partial charge in [-0.2, -0.15) is 0 Å². The van der Waals surface area contributed by atoms with E-state index < -0.39 is 54.1 Å². The highest BCUT2D eigenvalue weighted by molar-refractivity contribution is 6.35. The molecule has 3 aromatic rings. The molecule has 8 nitrogen and oxygen atoms in total. The van der Waals surface area contributed by atoms with Crippen LogP contribution in [0.3, 0.4) is 0 Å². The van der Waals surface area contributed by atoms with E-state index >= 15 is 0 Å². The minimum atomic E-state index is -4.92. The van der Waals surface area contributed by atoms with Crippen molar-refractivity contribution in [1.29, 1.82) is 0 Å². The second kappa shape index (κ2) is 12.9. The molecule has 0 bridgehead atoms. The van der Waals surface area contributed by atoms with Gasteiger partial charge in [-0.05, 0) is 48.0 Å². The molecule has 0 aliphatic carbocycles. The Labute approximate surface area is 235 Å². The summed E-state index contributed by atoms with van der Waals surface area (Å²) in [6, 6.07) is 13.8. The molecular formula is C27H20Cl2F3NO7. The van der Waals surface area contributed by atoms with E-state index in [1.54, 1.807) is 0 Å². The van der Waals surface area contributed by atoms with Crippen LogP contribution in [0, 0.1) is 0 Å². The number of amides is 1. The van der Waals surface area contributed by atoms with Crippen LogP contribution in [0.2, 0.25) is 10.0 Å². The number of carboxylic acids is 1. The first-order valence-corrected chi connectivity index (χ1v) is 12.2. The number of ketones is 2. The second-order valence-corrected chi connectivity index (χ2v) is 9.33. The number of carboxylic acid groups (broad SMARTS) is 1. The van der Waals surface area contributed by atoms with E-state index in [1.807, 2.05) is 0 Å². The molecule has 0 aliphatic rings. The molecule has 3 rings (SSSR count). The normalized spacial score (nSPS) is 12.8. The zero-order valence-electron chi connectivity index (χ0n) is 20.2. The van der Waals surface area contributed by atoms with E-state index in [1.165, 1.54) is 54.6 Å². The highest BCUT2D eigenvalue weighted by atomic mass is 35.5. The van der Waals surface area contributed by atoms with E-state index in [9.17, 15) is 37.5 Å². The molecule has 0 saturated heterocycles. The molecule has 0 spiro atoms. The maximum atomic E-state index is 13.5. The number of aliphatic hydroxyl groups excluding tert-OH is 1. The Morgan fingerprint density at radius 3 is 1.93 bits per heavy atom.